The summed E-state index contributed by atoms with van der Waals surface area (Å²) in [6.07, 6.45) is -0.742. The van der Waals surface area contributed by atoms with Crippen LogP contribution in [0, 0.1) is 5.82 Å². The van der Waals surface area contributed by atoms with Gasteiger partial charge in [0.05, 0.1) is 0 Å². The zero-order chi connectivity index (χ0) is 13.7. The van der Waals surface area contributed by atoms with Crippen molar-refractivity contribution in [3.8, 4) is 0 Å². The van der Waals surface area contributed by atoms with Crippen molar-refractivity contribution in [2.24, 2.45) is 5.73 Å². The van der Waals surface area contributed by atoms with E-state index in [0.29, 0.717) is 0 Å². The van der Waals surface area contributed by atoms with E-state index in [9.17, 15) is 9.18 Å². The van der Waals surface area contributed by atoms with E-state index in [1.54, 1.807) is 12.1 Å². The van der Waals surface area contributed by atoms with Gasteiger partial charge in [-0.25, -0.2) is 9.18 Å². The average Bonchev–Trinajstić information content (AvgIpc) is 2.40. The SMILES string of the molecule is NC(=O)OCN1CCN(Cc2ccc(F)cc2)CC1. The fraction of sp³-hybridized carbons (Fsp3) is 0.462. The molecule has 1 heterocycles. The van der Waals surface area contributed by atoms with Gasteiger partial charge < -0.3 is 10.5 Å². The van der Waals surface area contributed by atoms with E-state index >= 15 is 0 Å². The van der Waals surface area contributed by atoms with Gasteiger partial charge >= 0.3 is 6.09 Å². The Labute approximate surface area is 111 Å². The summed E-state index contributed by atoms with van der Waals surface area (Å²) in [5.41, 5.74) is 6.02. The molecule has 1 fully saturated rings. The molecule has 2 N–H and O–H groups in total. The smallest absolute Gasteiger partial charge is 0.405 e. The molecule has 1 saturated heterocycles. The summed E-state index contributed by atoms with van der Waals surface area (Å²) in [6.45, 7) is 4.49. The number of hydrogen-bond donors (Lipinski definition) is 1. The molecular formula is C13H18FN3O2. The zero-order valence-electron chi connectivity index (χ0n) is 10.7. The molecule has 0 aliphatic carbocycles. The van der Waals surface area contributed by atoms with Crippen molar-refractivity contribution >= 4 is 6.09 Å². The van der Waals surface area contributed by atoms with Crippen molar-refractivity contribution in [2.75, 3.05) is 32.9 Å². The summed E-state index contributed by atoms with van der Waals surface area (Å²) < 4.78 is 17.5. The molecule has 0 atom stereocenters. The Bertz CT molecular complexity index is 416. The maximum Gasteiger partial charge on any atom is 0.405 e. The van der Waals surface area contributed by atoms with E-state index in [2.05, 4.69) is 4.90 Å². The third-order valence-corrected chi connectivity index (χ3v) is 3.17. The van der Waals surface area contributed by atoms with Crippen LogP contribution in [0.25, 0.3) is 0 Å². The molecule has 0 spiro atoms. The number of rotatable bonds is 4. The van der Waals surface area contributed by atoms with Gasteiger partial charge in [-0.15, -0.1) is 0 Å². The number of nitrogens with zero attached hydrogens (tertiary/aromatic N) is 2. The second-order valence-electron chi connectivity index (χ2n) is 4.61. The van der Waals surface area contributed by atoms with E-state index in [4.69, 9.17) is 10.5 Å². The summed E-state index contributed by atoms with van der Waals surface area (Å²) in [6, 6.07) is 6.56. The van der Waals surface area contributed by atoms with Crippen molar-refractivity contribution < 1.29 is 13.9 Å². The highest BCUT2D eigenvalue weighted by Crippen LogP contribution is 2.09. The van der Waals surface area contributed by atoms with Gasteiger partial charge in [-0.05, 0) is 17.7 Å². The van der Waals surface area contributed by atoms with Gasteiger partial charge in [0.2, 0.25) is 0 Å². The lowest BCUT2D eigenvalue weighted by molar-refractivity contribution is 0.0376. The first-order chi connectivity index (χ1) is 9.13. The fourth-order valence-corrected chi connectivity index (χ4v) is 2.08. The lowest BCUT2D eigenvalue weighted by Gasteiger charge is -2.34. The monoisotopic (exact) mass is 267 g/mol. The highest BCUT2D eigenvalue weighted by Gasteiger charge is 2.17. The van der Waals surface area contributed by atoms with Crippen molar-refractivity contribution in [2.45, 2.75) is 6.54 Å². The molecule has 0 unspecified atom stereocenters. The first-order valence-electron chi connectivity index (χ1n) is 6.25. The minimum Gasteiger partial charge on any atom is -0.434 e. The molecular weight excluding hydrogens is 249 g/mol. The number of carbonyl (C=O) groups excluding carboxylic acids is 1. The number of primary amides is 1. The Hall–Kier alpha value is -1.66. The molecule has 0 bridgehead atoms. The summed E-state index contributed by atoms with van der Waals surface area (Å²) in [5.74, 6) is -0.211. The van der Waals surface area contributed by atoms with Gasteiger partial charge in [-0.3, -0.25) is 9.80 Å². The van der Waals surface area contributed by atoms with Gasteiger partial charge in [-0.2, -0.15) is 0 Å². The van der Waals surface area contributed by atoms with Crippen LogP contribution in [0.2, 0.25) is 0 Å². The first-order valence-corrected chi connectivity index (χ1v) is 6.25. The molecule has 1 aliphatic rings. The van der Waals surface area contributed by atoms with Crippen LogP contribution in [0.4, 0.5) is 9.18 Å². The quantitative estimate of drug-likeness (QED) is 0.884. The Morgan fingerprint density at radius 3 is 2.32 bits per heavy atom. The molecule has 104 valence electrons. The Kier molecular flexibility index (Phi) is 4.70. The molecule has 1 aromatic carbocycles. The number of halogens is 1. The summed E-state index contributed by atoms with van der Waals surface area (Å²) >= 11 is 0. The maximum atomic E-state index is 12.8. The first kappa shape index (κ1) is 13.8. The predicted molar refractivity (Wildman–Crippen MR) is 68.8 cm³/mol. The van der Waals surface area contributed by atoms with Crippen LogP contribution in [-0.4, -0.2) is 48.8 Å². The van der Waals surface area contributed by atoms with Gasteiger partial charge in [-0.1, -0.05) is 12.1 Å². The van der Waals surface area contributed by atoms with Gasteiger partial charge in [0.25, 0.3) is 0 Å². The van der Waals surface area contributed by atoms with E-state index < -0.39 is 6.09 Å². The van der Waals surface area contributed by atoms with Crippen molar-refractivity contribution in [1.29, 1.82) is 0 Å². The standard InChI is InChI=1S/C13H18FN3O2/c14-12-3-1-11(2-4-12)9-16-5-7-17(8-6-16)10-19-13(15)18/h1-4H,5-10H2,(H2,15,18). The topological polar surface area (TPSA) is 58.8 Å². The summed E-state index contributed by atoms with van der Waals surface area (Å²) in [7, 11) is 0. The van der Waals surface area contributed by atoms with Crippen molar-refractivity contribution in [3.05, 3.63) is 35.6 Å². The summed E-state index contributed by atoms with van der Waals surface area (Å²) in [5, 5.41) is 0. The van der Waals surface area contributed by atoms with Crippen molar-refractivity contribution in [1.82, 2.24) is 9.80 Å². The number of benzene rings is 1. The van der Waals surface area contributed by atoms with Crippen LogP contribution in [-0.2, 0) is 11.3 Å². The molecule has 19 heavy (non-hydrogen) atoms. The minimum absolute atomic E-state index is 0.211. The van der Waals surface area contributed by atoms with Crippen LogP contribution < -0.4 is 5.73 Å². The minimum atomic E-state index is -0.742. The van der Waals surface area contributed by atoms with E-state index in [1.807, 2.05) is 4.90 Å². The van der Waals surface area contributed by atoms with Crippen LogP contribution in [0.3, 0.4) is 0 Å². The molecule has 0 saturated carbocycles. The average molecular weight is 267 g/mol. The van der Waals surface area contributed by atoms with Gasteiger partial charge in [0.1, 0.15) is 12.5 Å². The number of carbonyl (C=O) groups is 1. The van der Waals surface area contributed by atoms with E-state index in [1.165, 1.54) is 12.1 Å². The number of amides is 1. The molecule has 5 nitrogen and oxygen atoms in total. The highest BCUT2D eigenvalue weighted by atomic mass is 19.1. The van der Waals surface area contributed by atoms with Crippen LogP contribution in [0.15, 0.2) is 24.3 Å². The zero-order valence-corrected chi connectivity index (χ0v) is 10.7. The Morgan fingerprint density at radius 1 is 1.16 bits per heavy atom. The normalized spacial score (nSPS) is 17.3. The molecule has 2 rings (SSSR count). The number of nitrogens with two attached hydrogens (primary N) is 1. The molecule has 6 heteroatoms. The third kappa shape index (κ3) is 4.50. The molecule has 1 aliphatic heterocycles. The maximum absolute atomic E-state index is 12.8. The van der Waals surface area contributed by atoms with Gasteiger partial charge in [0.15, 0.2) is 0 Å². The second kappa shape index (κ2) is 6.49. The van der Waals surface area contributed by atoms with Crippen LogP contribution in [0.5, 0.6) is 0 Å². The largest absolute Gasteiger partial charge is 0.434 e. The fourth-order valence-electron chi connectivity index (χ4n) is 2.08. The van der Waals surface area contributed by atoms with Crippen molar-refractivity contribution in [3.63, 3.8) is 0 Å². The van der Waals surface area contributed by atoms with E-state index in [0.717, 1.165) is 38.3 Å². The molecule has 0 radical (unpaired) electrons. The predicted octanol–water partition coefficient (Wildman–Crippen LogP) is 0.996. The lowest BCUT2D eigenvalue weighted by Crippen LogP contribution is -2.47. The molecule has 1 amide bonds. The van der Waals surface area contributed by atoms with E-state index in [-0.39, 0.29) is 12.5 Å². The Balaban J connectivity index is 1.74. The Morgan fingerprint density at radius 2 is 1.74 bits per heavy atom. The van der Waals surface area contributed by atoms with Crippen LogP contribution in [0.1, 0.15) is 5.56 Å². The molecule has 1 aromatic rings. The lowest BCUT2D eigenvalue weighted by atomic mass is 10.2. The number of piperazine rings is 1. The van der Waals surface area contributed by atoms with Crippen LogP contribution >= 0.6 is 0 Å². The van der Waals surface area contributed by atoms with Gasteiger partial charge in [0, 0.05) is 32.7 Å². The number of hydrogen-bond acceptors (Lipinski definition) is 4. The highest BCUT2D eigenvalue weighted by molar-refractivity contribution is 5.64. The molecule has 0 aromatic heterocycles. The summed E-state index contributed by atoms with van der Waals surface area (Å²) in [4.78, 5) is 14.8. The number of ether oxygens (including phenoxy) is 1. The third-order valence-electron chi connectivity index (χ3n) is 3.17. The second-order valence-corrected chi connectivity index (χ2v) is 4.61.